The Kier molecular flexibility index (Phi) is 8.26. The van der Waals surface area contributed by atoms with Crippen LogP contribution in [-0.2, 0) is 24.1 Å². The zero-order valence-corrected chi connectivity index (χ0v) is 21.2. The highest BCUT2D eigenvalue weighted by Crippen LogP contribution is 2.33. The average molecular weight is 606 g/mol. The standard InChI is InChI=1S/C24H18ClF6N5O5/c25-15-6-4-12(5-7-15)20-33-36(22(40)35(20)11-18(38)24(29,30)31)10-16(37)9-17(19-32-21(39)41-34-19)13-2-1-3-14(8-13)23(26,27)28/h1-8,17-18,38H,9-11H2,(H,32,34,39)/t17?,18-/m0/s1. The lowest BCUT2D eigenvalue weighted by Gasteiger charge is -2.16. The molecule has 0 spiro atoms. The van der Waals surface area contributed by atoms with Crippen molar-refractivity contribution in [1.82, 2.24) is 24.5 Å². The molecular formula is C24H18ClF6N5O5. The summed E-state index contributed by atoms with van der Waals surface area (Å²) in [6.45, 7) is -2.05. The van der Waals surface area contributed by atoms with Crippen molar-refractivity contribution in [3.8, 4) is 11.4 Å². The Balaban J connectivity index is 1.68. The molecule has 1 unspecified atom stereocenters. The van der Waals surface area contributed by atoms with Crippen molar-refractivity contribution in [2.75, 3.05) is 0 Å². The number of aliphatic hydroxyl groups is 1. The van der Waals surface area contributed by atoms with Crippen molar-refractivity contribution < 1.29 is 40.8 Å². The van der Waals surface area contributed by atoms with Gasteiger partial charge in [-0.3, -0.25) is 18.9 Å². The summed E-state index contributed by atoms with van der Waals surface area (Å²) in [6.07, 6.45) is -13.3. The van der Waals surface area contributed by atoms with Gasteiger partial charge < -0.3 is 5.11 Å². The Hall–Kier alpha value is -4.18. The number of aromatic amines is 1. The Morgan fingerprint density at radius 3 is 2.34 bits per heavy atom. The maximum absolute atomic E-state index is 13.3. The number of benzene rings is 2. The quantitative estimate of drug-likeness (QED) is 0.277. The van der Waals surface area contributed by atoms with Crippen LogP contribution in [0.3, 0.4) is 0 Å². The second kappa shape index (κ2) is 11.4. The first-order valence-corrected chi connectivity index (χ1v) is 11.9. The van der Waals surface area contributed by atoms with Crippen LogP contribution in [0.4, 0.5) is 26.3 Å². The lowest BCUT2D eigenvalue weighted by Crippen LogP contribution is -2.37. The van der Waals surface area contributed by atoms with Crippen LogP contribution in [-0.4, -0.2) is 47.7 Å². The van der Waals surface area contributed by atoms with Crippen molar-refractivity contribution in [2.45, 2.75) is 43.9 Å². The number of carbonyl (C=O) groups excluding carboxylic acids is 1. The molecule has 41 heavy (non-hydrogen) atoms. The number of rotatable bonds is 9. The molecule has 2 aromatic carbocycles. The number of nitrogens with zero attached hydrogens (tertiary/aromatic N) is 4. The van der Waals surface area contributed by atoms with Crippen molar-refractivity contribution in [3.63, 3.8) is 0 Å². The van der Waals surface area contributed by atoms with Gasteiger partial charge in [-0.05, 0) is 35.9 Å². The first kappa shape index (κ1) is 29.8. The molecule has 17 heteroatoms. The molecule has 10 nitrogen and oxygen atoms in total. The summed E-state index contributed by atoms with van der Waals surface area (Å²) in [5, 5.41) is 17.3. The molecule has 0 bridgehead atoms. The number of carbonyl (C=O) groups is 1. The third kappa shape index (κ3) is 6.94. The van der Waals surface area contributed by atoms with E-state index in [1.807, 2.05) is 0 Å². The minimum Gasteiger partial charge on any atom is -0.382 e. The van der Waals surface area contributed by atoms with Crippen LogP contribution < -0.4 is 11.4 Å². The largest absolute Gasteiger partial charge is 0.438 e. The fourth-order valence-electron chi connectivity index (χ4n) is 3.95. The highest BCUT2D eigenvalue weighted by atomic mass is 35.5. The van der Waals surface area contributed by atoms with Gasteiger partial charge in [-0.15, -0.1) is 5.10 Å². The monoisotopic (exact) mass is 605 g/mol. The first-order chi connectivity index (χ1) is 19.1. The number of hydrogen-bond acceptors (Lipinski definition) is 7. The van der Waals surface area contributed by atoms with Crippen LogP contribution in [0.15, 0.2) is 62.6 Å². The van der Waals surface area contributed by atoms with E-state index in [4.69, 9.17) is 11.6 Å². The number of aliphatic hydroxyl groups excluding tert-OH is 1. The minimum absolute atomic E-state index is 0.0641. The summed E-state index contributed by atoms with van der Waals surface area (Å²) in [4.78, 5) is 39.8. The molecule has 2 N–H and O–H groups in total. The molecule has 4 aromatic rings. The molecule has 0 amide bonds. The van der Waals surface area contributed by atoms with E-state index in [-0.39, 0.29) is 27.8 Å². The van der Waals surface area contributed by atoms with Gasteiger partial charge >= 0.3 is 23.8 Å². The fraction of sp³-hybridized carbons (Fsp3) is 0.292. The number of aromatic nitrogens is 5. The number of nitrogens with one attached hydrogen (secondary N) is 1. The number of alkyl halides is 6. The summed E-state index contributed by atoms with van der Waals surface area (Å²) in [5.74, 6) is -3.66. The van der Waals surface area contributed by atoms with Gasteiger partial charge in [0.15, 0.2) is 23.5 Å². The van der Waals surface area contributed by atoms with Crippen LogP contribution in [0.5, 0.6) is 0 Å². The second-order valence-corrected chi connectivity index (χ2v) is 9.27. The van der Waals surface area contributed by atoms with Gasteiger partial charge in [0.1, 0.15) is 6.54 Å². The molecule has 0 radical (unpaired) electrons. The van der Waals surface area contributed by atoms with Crippen molar-refractivity contribution in [2.24, 2.45) is 0 Å². The van der Waals surface area contributed by atoms with E-state index in [1.165, 1.54) is 30.3 Å². The SMILES string of the molecule is O=C(CC(c1cccc(C(F)(F)F)c1)c1noc(=O)[nH]1)Cn1nc(-c2ccc(Cl)cc2)n(C[C@H](O)C(F)(F)F)c1=O. The van der Waals surface area contributed by atoms with Gasteiger partial charge in [0, 0.05) is 17.0 Å². The third-order valence-electron chi connectivity index (χ3n) is 5.92. The summed E-state index contributed by atoms with van der Waals surface area (Å²) in [7, 11) is 0. The Labute approximate surface area is 229 Å². The molecule has 0 saturated heterocycles. The van der Waals surface area contributed by atoms with E-state index < -0.39 is 66.7 Å². The van der Waals surface area contributed by atoms with E-state index in [0.717, 1.165) is 18.2 Å². The maximum atomic E-state index is 13.3. The van der Waals surface area contributed by atoms with Gasteiger partial charge in [0.05, 0.1) is 18.0 Å². The smallest absolute Gasteiger partial charge is 0.382 e. The minimum atomic E-state index is -5.07. The van der Waals surface area contributed by atoms with Crippen molar-refractivity contribution in [3.05, 3.63) is 91.5 Å². The van der Waals surface area contributed by atoms with Crippen LogP contribution >= 0.6 is 11.6 Å². The molecule has 2 heterocycles. The van der Waals surface area contributed by atoms with Crippen LogP contribution in [0.1, 0.15) is 29.3 Å². The Bertz CT molecular complexity index is 1650. The van der Waals surface area contributed by atoms with Gasteiger partial charge in [-0.25, -0.2) is 14.3 Å². The highest BCUT2D eigenvalue weighted by Gasteiger charge is 2.39. The lowest BCUT2D eigenvalue weighted by molar-refractivity contribution is -0.207. The predicted molar refractivity (Wildman–Crippen MR) is 129 cm³/mol. The number of hydrogen-bond donors (Lipinski definition) is 2. The molecule has 4 rings (SSSR count). The molecule has 2 aromatic heterocycles. The van der Waals surface area contributed by atoms with Crippen LogP contribution in [0.2, 0.25) is 5.02 Å². The highest BCUT2D eigenvalue weighted by molar-refractivity contribution is 6.30. The molecule has 0 fully saturated rings. The molecule has 0 aliphatic heterocycles. The molecule has 218 valence electrons. The Morgan fingerprint density at radius 1 is 1.07 bits per heavy atom. The summed E-state index contributed by atoms with van der Waals surface area (Å²) in [5.41, 5.74) is -2.12. The molecule has 0 saturated carbocycles. The molecular weight excluding hydrogens is 588 g/mol. The number of ketones is 1. The van der Waals surface area contributed by atoms with Gasteiger partial charge in [-0.2, -0.15) is 26.3 Å². The summed E-state index contributed by atoms with van der Waals surface area (Å²) >= 11 is 5.85. The van der Waals surface area contributed by atoms with Crippen molar-refractivity contribution in [1.29, 1.82) is 0 Å². The molecule has 2 atom stereocenters. The van der Waals surface area contributed by atoms with E-state index in [0.29, 0.717) is 9.25 Å². The summed E-state index contributed by atoms with van der Waals surface area (Å²) in [6, 6.07) is 9.39. The number of H-pyrrole nitrogens is 1. The number of Topliss-reactive ketones (excluding diaryl/α,β-unsaturated/α-hetero) is 1. The lowest BCUT2D eigenvalue weighted by atomic mass is 9.91. The van der Waals surface area contributed by atoms with Gasteiger partial charge in [-0.1, -0.05) is 35.0 Å². The zero-order chi connectivity index (χ0) is 30.1. The van der Waals surface area contributed by atoms with Gasteiger partial charge in [0.2, 0.25) is 0 Å². The fourth-order valence-corrected chi connectivity index (χ4v) is 4.08. The van der Waals surface area contributed by atoms with Crippen LogP contribution in [0, 0.1) is 0 Å². The maximum Gasteiger partial charge on any atom is 0.438 e. The normalized spacial score (nSPS) is 13.8. The second-order valence-electron chi connectivity index (χ2n) is 8.84. The van der Waals surface area contributed by atoms with Crippen LogP contribution in [0.25, 0.3) is 11.4 Å². The predicted octanol–water partition coefficient (Wildman–Crippen LogP) is 3.77. The average Bonchev–Trinajstić information content (AvgIpc) is 3.45. The van der Waals surface area contributed by atoms with Crippen molar-refractivity contribution >= 4 is 17.4 Å². The number of halogens is 7. The van der Waals surface area contributed by atoms with Gasteiger partial charge in [0.25, 0.3) is 0 Å². The van der Waals surface area contributed by atoms with E-state index in [1.54, 1.807) is 0 Å². The molecule has 0 aliphatic carbocycles. The third-order valence-corrected chi connectivity index (χ3v) is 6.17. The van der Waals surface area contributed by atoms with E-state index in [9.17, 15) is 45.8 Å². The molecule has 0 aliphatic rings. The zero-order valence-electron chi connectivity index (χ0n) is 20.4. The van der Waals surface area contributed by atoms with E-state index in [2.05, 4.69) is 19.8 Å². The van der Waals surface area contributed by atoms with E-state index >= 15 is 0 Å². The summed E-state index contributed by atoms with van der Waals surface area (Å²) < 4.78 is 84.6. The topological polar surface area (TPSA) is 136 Å². The Morgan fingerprint density at radius 2 is 1.76 bits per heavy atom. The first-order valence-electron chi connectivity index (χ1n) is 11.6.